The number of aliphatic imine (C=N–C) groups is 1. The molecule has 40 heavy (non-hydrogen) atoms. The van der Waals surface area contributed by atoms with Gasteiger partial charge in [-0.05, 0) is 54.8 Å². The van der Waals surface area contributed by atoms with Crippen LogP contribution in [0.25, 0.3) is 33.3 Å². The van der Waals surface area contributed by atoms with Crippen LogP contribution >= 0.6 is 0 Å². The minimum atomic E-state index is -0.0281. The van der Waals surface area contributed by atoms with Gasteiger partial charge in [0.05, 0.1) is 23.4 Å². The Labute approximate surface area is 231 Å². The van der Waals surface area contributed by atoms with Crippen molar-refractivity contribution in [1.29, 1.82) is 0 Å². The Morgan fingerprint density at radius 1 is 1.10 bits per heavy atom. The third-order valence-electron chi connectivity index (χ3n) is 7.13. The molecule has 0 saturated heterocycles. The molecule has 0 bridgehead atoms. The Bertz CT molecular complexity index is 1820. The van der Waals surface area contributed by atoms with Crippen LogP contribution in [0.3, 0.4) is 0 Å². The highest BCUT2D eigenvalue weighted by molar-refractivity contribution is 6.15. The lowest BCUT2D eigenvalue weighted by Gasteiger charge is -2.17. The normalized spacial score (nSPS) is 13.7. The van der Waals surface area contributed by atoms with Crippen LogP contribution in [0, 0.1) is 6.92 Å². The van der Waals surface area contributed by atoms with Crippen LogP contribution in [0.4, 0.5) is 11.6 Å². The third-order valence-corrected chi connectivity index (χ3v) is 7.13. The highest BCUT2D eigenvalue weighted by atomic mass is 16.2. The van der Waals surface area contributed by atoms with Gasteiger partial charge in [-0.3, -0.25) is 9.78 Å². The maximum Gasteiger partial charge on any atom is 0.259 e. The number of carbonyl (C=O) groups excluding carboxylic acids is 1. The number of nitrogens with one attached hydrogen (secondary N) is 2. The quantitative estimate of drug-likeness (QED) is 0.204. The van der Waals surface area contributed by atoms with E-state index in [0.717, 1.165) is 55.8 Å². The second-order valence-corrected chi connectivity index (χ2v) is 9.68. The zero-order chi connectivity index (χ0) is 27.8. The van der Waals surface area contributed by atoms with Gasteiger partial charge in [0.1, 0.15) is 5.84 Å². The number of benzene rings is 2. The van der Waals surface area contributed by atoms with E-state index >= 15 is 0 Å². The molecular formula is C31H28N8O. The predicted octanol–water partition coefficient (Wildman–Crippen LogP) is 5.27. The number of pyridine rings is 1. The number of H-pyrrole nitrogens is 1. The number of hydrogen-bond donors (Lipinski definition) is 3. The SMILES string of the molecule is CN/C(C)=C\C(N)=N/c1ncc(C)c(-c2c[nH]c3c(N4Cc5c(cccc5-c5cccnc5)C4=O)cccc23)n1. The molecule has 0 spiro atoms. The van der Waals surface area contributed by atoms with Crippen molar-refractivity contribution in [3.63, 3.8) is 0 Å². The summed E-state index contributed by atoms with van der Waals surface area (Å²) < 4.78 is 0. The fraction of sp³-hybridized carbons (Fsp3) is 0.129. The van der Waals surface area contributed by atoms with E-state index in [9.17, 15) is 4.79 Å². The van der Waals surface area contributed by atoms with Crippen molar-refractivity contribution in [2.75, 3.05) is 11.9 Å². The first kappa shape index (κ1) is 25.0. The number of aryl methyl sites for hydroxylation is 1. The van der Waals surface area contributed by atoms with Crippen LogP contribution in [-0.2, 0) is 6.54 Å². The summed E-state index contributed by atoms with van der Waals surface area (Å²) >= 11 is 0. The fourth-order valence-corrected chi connectivity index (χ4v) is 5.08. The van der Waals surface area contributed by atoms with Crippen molar-refractivity contribution in [1.82, 2.24) is 25.3 Å². The summed E-state index contributed by atoms with van der Waals surface area (Å²) in [7, 11) is 1.82. The van der Waals surface area contributed by atoms with Gasteiger partial charge in [-0.1, -0.05) is 30.3 Å². The lowest BCUT2D eigenvalue weighted by atomic mass is 9.98. The first-order valence-corrected chi connectivity index (χ1v) is 12.9. The van der Waals surface area contributed by atoms with Crippen molar-refractivity contribution in [2.45, 2.75) is 20.4 Å². The van der Waals surface area contributed by atoms with E-state index in [4.69, 9.17) is 10.7 Å². The summed E-state index contributed by atoms with van der Waals surface area (Å²) in [5, 5.41) is 3.97. The molecule has 0 atom stereocenters. The van der Waals surface area contributed by atoms with Crippen molar-refractivity contribution in [2.24, 2.45) is 10.7 Å². The number of aromatic nitrogens is 4. The van der Waals surface area contributed by atoms with E-state index in [0.29, 0.717) is 17.9 Å². The van der Waals surface area contributed by atoms with Crippen LogP contribution in [-0.4, -0.2) is 38.7 Å². The van der Waals surface area contributed by atoms with Crippen molar-refractivity contribution >= 4 is 34.3 Å². The molecule has 1 amide bonds. The second-order valence-electron chi connectivity index (χ2n) is 9.68. The van der Waals surface area contributed by atoms with Crippen LogP contribution < -0.4 is 16.0 Å². The number of aromatic amines is 1. The molecule has 1 aliphatic rings. The summed E-state index contributed by atoms with van der Waals surface area (Å²) in [4.78, 5) is 36.6. The van der Waals surface area contributed by atoms with Crippen LogP contribution in [0.1, 0.15) is 28.4 Å². The molecule has 198 valence electrons. The standard InChI is InChI=1S/C31H28N8O/c1-18-14-36-31(37-27(32)13-19(2)33-3)38-28(18)24-16-35-29-22(24)9-5-11-26(29)39-17-25-21(20-7-6-12-34-15-20)8-4-10-23(25)30(39)40/h4-16,33,35H,17H2,1-3H3,(H2,32,36,37,38)/b19-13-. The Hall–Kier alpha value is -5.31. The molecule has 0 unspecified atom stereocenters. The summed E-state index contributed by atoms with van der Waals surface area (Å²) in [6.07, 6.45) is 8.96. The molecule has 3 aromatic heterocycles. The molecule has 6 rings (SSSR count). The van der Waals surface area contributed by atoms with Gasteiger partial charge in [0.15, 0.2) is 0 Å². The number of fused-ring (bicyclic) bond motifs is 2. The highest BCUT2D eigenvalue weighted by Crippen LogP contribution is 2.39. The Morgan fingerprint density at radius 3 is 2.73 bits per heavy atom. The molecular weight excluding hydrogens is 500 g/mol. The largest absolute Gasteiger partial charge is 0.392 e. The molecule has 4 heterocycles. The number of nitrogens with zero attached hydrogens (tertiary/aromatic N) is 5. The maximum absolute atomic E-state index is 13.6. The van der Waals surface area contributed by atoms with Gasteiger partial charge in [-0.25, -0.2) is 9.97 Å². The average molecular weight is 529 g/mol. The van der Waals surface area contributed by atoms with Crippen LogP contribution in [0.15, 0.2) is 90.1 Å². The number of amidine groups is 1. The average Bonchev–Trinajstić information content (AvgIpc) is 3.55. The molecule has 0 aliphatic carbocycles. The van der Waals surface area contributed by atoms with Crippen molar-refractivity contribution < 1.29 is 4.79 Å². The van der Waals surface area contributed by atoms with Gasteiger partial charge in [-0.2, -0.15) is 4.99 Å². The van der Waals surface area contributed by atoms with E-state index in [1.54, 1.807) is 18.5 Å². The zero-order valence-electron chi connectivity index (χ0n) is 22.4. The second kappa shape index (κ2) is 10.1. The molecule has 5 aromatic rings. The van der Waals surface area contributed by atoms with Gasteiger partial charge < -0.3 is 20.9 Å². The number of allylic oxidation sites excluding steroid dienone is 1. The highest BCUT2D eigenvalue weighted by Gasteiger charge is 2.32. The number of hydrogen-bond acceptors (Lipinski definition) is 6. The number of amides is 1. The summed E-state index contributed by atoms with van der Waals surface area (Å²) in [6.45, 7) is 4.33. The molecule has 9 heteroatoms. The number of carbonyl (C=O) groups is 1. The molecule has 0 radical (unpaired) electrons. The third kappa shape index (κ3) is 4.37. The van der Waals surface area contributed by atoms with Crippen LogP contribution in [0.5, 0.6) is 0 Å². The Morgan fingerprint density at radius 2 is 1.93 bits per heavy atom. The van der Waals surface area contributed by atoms with Gasteiger partial charge in [0, 0.05) is 59.6 Å². The topological polar surface area (TPSA) is 125 Å². The smallest absolute Gasteiger partial charge is 0.259 e. The van der Waals surface area contributed by atoms with Gasteiger partial charge in [-0.15, -0.1) is 0 Å². The molecule has 0 saturated carbocycles. The number of anilines is 1. The summed E-state index contributed by atoms with van der Waals surface area (Å²) in [5.74, 6) is 0.553. The fourth-order valence-electron chi connectivity index (χ4n) is 5.08. The van der Waals surface area contributed by atoms with E-state index in [1.165, 1.54) is 0 Å². The first-order chi connectivity index (χ1) is 19.4. The van der Waals surface area contributed by atoms with Crippen molar-refractivity contribution in [3.8, 4) is 22.4 Å². The number of para-hydroxylation sites is 1. The molecule has 9 nitrogen and oxygen atoms in total. The van der Waals surface area contributed by atoms with Gasteiger partial charge >= 0.3 is 0 Å². The molecule has 2 aromatic carbocycles. The minimum absolute atomic E-state index is 0.0281. The minimum Gasteiger partial charge on any atom is -0.392 e. The molecule has 0 fully saturated rings. The van der Waals surface area contributed by atoms with E-state index in [-0.39, 0.29) is 11.9 Å². The maximum atomic E-state index is 13.6. The molecule has 4 N–H and O–H groups in total. The Balaban J connectivity index is 1.39. The molecule has 1 aliphatic heterocycles. The number of rotatable bonds is 6. The van der Waals surface area contributed by atoms with E-state index in [2.05, 4.69) is 25.3 Å². The monoisotopic (exact) mass is 528 g/mol. The lowest BCUT2D eigenvalue weighted by Crippen LogP contribution is -2.23. The van der Waals surface area contributed by atoms with Gasteiger partial charge in [0.2, 0.25) is 0 Å². The van der Waals surface area contributed by atoms with Crippen LogP contribution in [0.2, 0.25) is 0 Å². The van der Waals surface area contributed by atoms with E-state index < -0.39 is 0 Å². The Kier molecular flexibility index (Phi) is 6.31. The summed E-state index contributed by atoms with van der Waals surface area (Å²) in [5.41, 5.74) is 14.9. The van der Waals surface area contributed by atoms with E-state index in [1.807, 2.05) is 86.7 Å². The first-order valence-electron chi connectivity index (χ1n) is 12.9. The number of nitrogens with two attached hydrogens (primary N) is 1. The van der Waals surface area contributed by atoms with Crippen molar-refractivity contribution in [3.05, 3.63) is 102 Å². The predicted molar refractivity (Wildman–Crippen MR) is 158 cm³/mol. The zero-order valence-corrected chi connectivity index (χ0v) is 22.4. The lowest BCUT2D eigenvalue weighted by molar-refractivity contribution is 0.0997. The van der Waals surface area contributed by atoms with Gasteiger partial charge in [0.25, 0.3) is 11.9 Å². The summed E-state index contributed by atoms with van der Waals surface area (Å²) in [6, 6.07) is 15.7.